The second-order valence-corrected chi connectivity index (χ2v) is 5.86. The summed E-state index contributed by atoms with van der Waals surface area (Å²) in [5.74, 6) is 0. The van der Waals surface area contributed by atoms with Gasteiger partial charge in [0.25, 0.3) is 0 Å². The maximum atomic E-state index is 2.27. The Hall–Kier alpha value is -3.12. The van der Waals surface area contributed by atoms with Gasteiger partial charge >= 0.3 is 0 Å². The fourth-order valence-electron chi connectivity index (χ4n) is 3.11. The molecule has 0 N–H and O–H groups in total. The van der Waals surface area contributed by atoms with Gasteiger partial charge < -0.3 is 0 Å². The van der Waals surface area contributed by atoms with Crippen LogP contribution in [0, 0.1) is 0 Å². The van der Waals surface area contributed by atoms with Gasteiger partial charge in [-0.05, 0) is 38.7 Å². The lowest BCUT2D eigenvalue weighted by Crippen LogP contribution is -1.82. The van der Waals surface area contributed by atoms with Gasteiger partial charge in [0.05, 0.1) is 0 Å². The summed E-state index contributed by atoms with van der Waals surface area (Å²) in [5.41, 5.74) is 2.49. The molecule has 114 valence electrons. The molecule has 0 amide bonds. The number of rotatable bonds is 3. The molecule has 0 aliphatic carbocycles. The van der Waals surface area contributed by atoms with E-state index in [0.717, 1.165) is 0 Å². The van der Waals surface area contributed by atoms with Gasteiger partial charge in [-0.15, -0.1) is 0 Å². The van der Waals surface area contributed by atoms with E-state index in [1.165, 1.54) is 32.7 Å². The minimum Gasteiger partial charge on any atom is -0.0622 e. The molecular formula is C24H18. The van der Waals surface area contributed by atoms with Crippen molar-refractivity contribution in [3.8, 4) is 0 Å². The van der Waals surface area contributed by atoms with E-state index < -0.39 is 0 Å². The van der Waals surface area contributed by atoms with E-state index >= 15 is 0 Å². The zero-order valence-corrected chi connectivity index (χ0v) is 13.4. The summed E-state index contributed by atoms with van der Waals surface area (Å²) >= 11 is 0. The maximum absolute atomic E-state index is 2.27. The van der Waals surface area contributed by atoms with Crippen LogP contribution in [0.5, 0.6) is 0 Å². The second kappa shape index (κ2) is 6.55. The average Bonchev–Trinajstić information content (AvgIpc) is 2.65. The molecule has 0 radical (unpaired) electrons. The minimum absolute atomic E-state index is 1.21. The molecule has 24 heavy (non-hydrogen) atoms. The smallest absolute Gasteiger partial charge is 0.00994 e. The van der Waals surface area contributed by atoms with Gasteiger partial charge in [-0.25, -0.2) is 0 Å². The Labute approximate surface area is 142 Å². The van der Waals surface area contributed by atoms with Crippen molar-refractivity contribution in [2.24, 2.45) is 0 Å². The zero-order valence-electron chi connectivity index (χ0n) is 13.4. The van der Waals surface area contributed by atoms with Crippen molar-refractivity contribution >= 4 is 33.7 Å². The fourth-order valence-corrected chi connectivity index (χ4v) is 3.11. The van der Waals surface area contributed by atoms with E-state index in [1.54, 1.807) is 0 Å². The first kappa shape index (κ1) is 14.5. The Kier molecular flexibility index (Phi) is 3.95. The van der Waals surface area contributed by atoms with Crippen LogP contribution in [0.3, 0.4) is 0 Å². The molecule has 0 nitrogen and oxygen atoms in total. The first-order chi connectivity index (χ1) is 11.9. The molecule has 0 spiro atoms. The van der Waals surface area contributed by atoms with Crippen LogP contribution in [0.4, 0.5) is 0 Å². The molecule has 0 bridgehead atoms. The van der Waals surface area contributed by atoms with E-state index in [4.69, 9.17) is 0 Å². The lowest BCUT2D eigenvalue weighted by Gasteiger charge is -2.08. The second-order valence-electron chi connectivity index (χ2n) is 5.86. The van der Waals surface area contributed by atoms with Gasteiger partial charge in [-0.3, -0.25) is 0 Å². The standard InChI is InChI=1S/C24H18/c1-2-10-19(11-3-1)12-4-7-17-24-22-15-8-5-13-20(22)18-21-14-6-9-16-23(21)24/h1-18H. The molecule has 0 saturated carbocycles. The molecule has 0 aliphatic rings. The third kappa shape index (κ3) is 2.87. The lowest BCUT2D eigenvalue weighted by atomic mass is 9.96. The summed E-state index contributed by atoms with van der Waals surface area (Å²) in [5, 5.41) is 5.15. The van der Waals surface area contributed by atoms with E-state index in [-0.39, 0.29) is 0 Å². The van der Waals surface area contributed by atoms with Gasteiger partial charge in [0.1, 0.15) is 0 Å². The normalized spacial score (nSPS) is 11.8. The highest BCUT2D eigenvalue weighted by Gasteiger charge is 2.03. The molecule has 0 heterocycles. The molecule has 0 aromatic heterocycles. The molecule has 0 atom stereocenters. The topological polar surface area (TPSA) is 0 Å². The summed E-state index contributed by atoms with van der Waals surface area (Å²) in [6.45, 7) is 0. The Bertz CT molecular complexity index is 983. The van der Waals surface area contributed by atoms with Crippen LogP contribution in [-0.2, 0) is 0 Å². The molecule has 0 heteroatoms. The predicted octanol–water partition coefficient (Wildman–Crippen LogP) is 6.72. The highest BCUT2D eigenvalue weighted by atomic mass is 14.1. The van der Waals surface area contributed by atoms with E-state index in [1.807, 2.05) is 6.07 Å². The van der Waals surface area contributed by atoms with Crippen LogP contribution >= 0.6 is 0 Å². The Morgan fingerprint density at radius 3 is 1.71 bits per heavy atom. The molecular weight excluding hydrogens is 288 g/mol. The molecule has 4 rings (SSSR count). The Morgan fingerprint density at radius 2 is 1.04 bits per heavy atom. The Balaban J connectivity index is 1.79. The fraction of sp³-hybridized carbons (Fsp3) is 0. The molecule has 4 aromatic rings. The molecule has 0 fully saturated rings. The van der Waals surface area contributed by atoms with Crippen LogP contribution in [0.1, 0.15) is 11.1 Å². The number of hydrogen-bond donors (Lipinski definition) is 0. The minimum atomic E-state index is 1.21. The molecule has 4 aromatic carbocycles. The van der Waals surface area contributed by atoms with Crippen LogP contribution in [-0.4, -0.2) is 0 Å². The van der Waals surface area contributed by atoms with Crippen molar-refractivity contribution in [1.29, 1.82) is 0 Å². The van der Waals surface area contributed by atoms with Crippen molar-refractivity contribution < 1.29 is 0 Å². The quantitative estimate of drug-likeness (QED) is 0.291. The average molecular weight is 306 g/mol. The molecule has 0 unspecified atom stereocenters. The monoisotopic (exact) mass is 306 g/mol. The van der Waals surface area contributed by atoms with Gasteiger partial charge in [-0.1, -0.05) is 103 Å². The van der Waals surface area contributed by atoms with Crippen LogP contribution in [0.2, 0.25) is 0 Å². The summed E-state index contributed by atoms with van der Waals surface area (Å²) in [7, 11) is 0. The first-order valence-electron chi connectivity index (χ1n) is 8.22. The van der Waals surface area contributed by atoms with E-state index in [2.05, 4.69) is 103 Å². The lowest BCUT2D eigenvalue weighted by molar-refractivity contribution is 1.66. The third-order valence-electron chi connectivity index (χ3n) is 4.28. The summed E-state index contributed by atoms with van der Waals surface area (Å²) in [6, 6.07) is 29.8. The number of benzene rings is 4. The van der Waals surface area contributed by atoms with Crippen molar-refractivity contribution in [3.63, 3.8) is 0 Å². The predicted molar refractivity (Wildman–Crippen MR) is 106 cm³/mol. The van der Waals surface area contributed by atoms with Gasteiger partial charge in [-0.2, -0.15) is 0 Å². The SMILES string of the molecule is C(C=Cc1c2ccccc2cc2ccccc12)=Cc1ccccc1. The summed E-state index contributed by atoms with van der Waals surface area (Å²) in [6.07, 6.45) is 8.57. The highest BCUT2D eigenvalue weighted by Crippen LogP contribution is 2.29. The number of hydrogen-bond acceptors (Lipinski definition) is 0. The largest absolute Gasteiger partial charge is 0.0622 e. The third-order valence-corrected chi connectivity index (χ3v) is 4.28. The highest BCUT2D eigenvalue weighted by molar-refractivity contribution is 6.06. The van der Waals surface area contributed by atoms with Crippen molar-refractivity contribution in [1.82, 2.24) is 0 Å². The maximum Gasteiger partial charge on any atom is -0.00994 e. The molecule has 0 saturated heterocycles. The summed E-state index contributed by atoms with van der Waals surface area (Å²) in [4.78, 5) is 0. The van der Waals surface area contributed by atoms with Crippen molar-refractivity contribution in [2.75, 3.05) is 0 Å². The van der Waals surface area contributed by atoms with Gasteiger partial charge in [0.15, 0.2) is 0 Å². The van der Waals surface area contributed by atoms with Crippen LogP contribution < -0.4 is 0 Å². The first-order valence-corrected chi connectivity index (χ1v) is 8.22. The zero-order chi connectivity index (χ0) is 16.2. The van der Waals surface area contributed by atoms with E-state index in [9.17, 15) is 0 Å². The van der Waals surface area contributed by atoms with Crippen LogP contribution in [0.15, 0.2) is 97.1 Å². The van der Waals surface area contributed by atoms with Gasteiger partial charge in [0, 0.05) is 0 Å². The number of fused-ring (bicyclic) bond motifs is 2. The number of allylic oxidation sites excluding steroid dienone is 2. The van der Waals surface area contributed by atoms with Crippen molar-refractivity contribution in [2.45, 2.75) is 0 Å². The Morgan fingerprint density at radius 1 is 0.500 bits per heavy atom. The van der Waals surface area contributed by atoms with Gasteiger partial charge in [0.2, 0.25) is 0 Å². The van der Waals surface area contributed by atoms with Crippen LogP contribution in [0.25, 0.3) is 33.7 Å². The molecule has 0 aliphatic heterocycles. The summed E-state index contributed by atoms with van der Waals surface area (Å²) < 4.78 is 0. The van der Waals surface area contributed by atoms with Crippen molar-refractivity contribution in [3.05, 3.63) is 108 Å². The van der Waals surface area contributed by atoms with E-state index in [0.29, 0.717) is 0 Å².